The van der Waals surface area contributed by atoms with Gasteiger partial charge in [-0.2, -0.15) is 0 Å². The van der Waals surface area contributed by atoms with E-state index in [2.05, 4.69) is 5.32 Å². The minimum atomic E-state index is -1.02. The molecular formula is C15H21N3O3. The molecule has 0 atom stereocenters. The third-order valence-electron chi connectivity index (χ3n) is 3.75. The SMILES string of the molecule is CN(C(=O)N(CC(=O)O)c1ccccc1)C1CCNCC1. The Bertz CT molecular complexity index is 486. The zero-order chi connectivity index (χ0) is 15.2. The van der Waals surface area contributed by atoms with Crippen LogP contribution < -0.4 is 10.2 Å². The van der Waals surface area contributed by atoms with Gasteiger partial charge in [0.25, 0.3) is 0 Å². The van der Waals surface area contributed by atoms with E-state index in [0.29, 0.717) is 5.69 Å². The van der Waals surface area contributed by atoms with Crippen LogP contribution >= 0.6 is 0 Å². The molecule has 0 bridgehead atoms. The first-order valence-corrected chi connectivity index (χ1v) is 7.11. The van der Waals surface area contributed by atoms with E-state index in [-0.39, 0.29) is 18.6 Å². The fourth-order valence-corrected chi connectivity index (χ4v) is 2.55. The van der Waals surface area contributed by atoms with Gasteiger partial charge in [0.15, 0.2) is 0 Å². The van der Waals surface area contributed by atoms with Crippen molar-refractivity contribution >= 4 is 17.7 Å². The van der Waals surface area contributed by atoms with Crippen molar-refractivity contribution in [1.29, 1.82) is 0 Å². The highest BCUT2D eigenvalue weighted by atomic mass is 16.4. The van der Waals surface area contributed by atoms with E-state index in [1.807, 2.05) is 6.07 Å². The number of piperidine rings is 1. The molecule has 1 saturated heterocycles. The number of anilines is 1. The number of rotatable bonds is 4. The number of nitrogens with one attached hydrogen (secondary N) is 1. The largest absolute Gasteiger partial charge is 0.480 e. The molecule has 1 aromatic carbocycles. The van der Waals surface area contributed by atoms with Crippen LogP contribution in [0.5, 0.6) is 0 Å². The summed E-state index contributed by atoms with van der Waals surface area (Å²) in [6.45, 7) is 1.43. The first-order chi connectivity index (χ1) is 10.1. The molecule has 1 aromatic rings. The third kappa shape index (κ3) is 3.95. The maximum Gasteiger partial charge on any atom is 0.325 e. The molecule has 6 nitrogen and oxygen atoms in total. The van der Waals surface area contributed by atoms with E-state index in [4.69, 9.17) is 5.11 Å². The zero-order valence-corrected chi connectivity index (χ0v) is 12.2. The predicted molar refractivity (Wildman–Crippen MR) is 80.5 cm³/mol. The second-order valence-electron chi connectivity index (χ2n) is 5.19. The second-order valence-corrected chi connectivity index (χ2v) is 5.19. The lowest BCUT2D eigenvalue weighted by molar-refractivity contribution is -0.135. The predicted octanol–water partition coefficient (Wildman–Crippen LogP) is 1.38. The highest BCUT2D eigenvalue weighted by Gasteiger charge is 2.27. The molecule has 2 N–H and O–H groups in total. The lowest BCUT2D eigenvalue weighted by Crippen LogP contribution is -2.50. The number of aliphatic carboxylic acids is 1. The number of urea groups is 1. The average molecular weight is 291 g/mol. The molecule has 21 heavy (non-hydrogen) atoms. The van der Waals surface area contributed by atoms with E-state index in [9.17, 15) is 9.59 Å². The Morgan fingerprint density at radius 1 is 1.24 bits per heavy atom. The summed E-state index contributed by atoms with van der Waals surface area (Å²) in [6.07, 6.45) is 1.77. The smallest absolute Gasteiger partial charge is 0.325 e. The maximum absolute atomic E-state index is 12.6. The Labute approximate surface area is 124 Å². The normalized spacial score (nSPS) is 15.5. The highest BCUT2D eigenvalue weighted by molar-refractivity contribution is 5.96. The fourth-order valence-electron chi connectivity index (χ4n) is 2.55. The first-order valence-electron chi connectivity index (χ1n) is 7.11. The average Bonchev–Trinajstić information content (AvgIpc) is 2.53. The van der Waals surface area contributed by atoms with Crippen molar-refractivity contribution in [3.8, 4) is 0 Å². The molecule has 2 amide bonds. The van der Waals surface area contributed by atoms with Crippen LogP contribution in [0.3, 0.4) is 0 Å². The molecule has 0 aliphatic carbocycles. The molecule has 1 aliphatic heterocycles. The molecule has 6 heteroatoms. The second kappa shape index (κ2) is 7.08. The molecule has 1 aliphatic rings. The topological polar surface area (TPSA) is 72.9 Å². The minimum Gasteiger partial charge on any atom is -0.480 e. The number of para-hydroxylation sites is 1. The minimum absolute atomic E-state index is 0.152. The summed E-state index contributed by atoms with van der Waals surface area (Å²) in [5.74, 6) is -1.02. The number of benzene rings is 1. The van der Waals surface area contributed by atoms with Gasteiger partial charge >= 0.3 is 12.0 Å². The Morgan fingerprint density at radius 2 is 1.86 bits per heavy atom. The van der Waals surface area contributed by atoms with Crippen molar-refractivity contribution < 1.29 is 14.7 Å². The van der Waals surface area contributed by atoms with Crippen LogP contribution in [-0.2, 0) is 4.79 Å². The van der Waals surface area contributed by atoms with Crippen molar-refractivity contribution in [3.05, 3.63) is 30.3 Å². The van der Waals surface area contributed by atoms with E-state index in [1.165, 1.54) is 4.90 Å². The van der Waals surface area contributed by atoms with Crippen LogP contribution in [0.15, 0.2) is 30.3 Å². The van der Waals surface area contributed by atoms with E-state index in [0.717, 1.165) is 25.9 Å². The van der Waals surface area contributed by atoms with Crippen molar-refractivity contribution in [2.24, 2.45) is 0 Å². The summed E-state index contributed by atoms with van der Waals surface area (Å²) in [6, 6.07) is 8.80. The van der Waals surface area contributed by atoms with Crippen LogP contribution in [0, 0.1) is 0 Å². The Kier molecular flexibility index (Phi) is 5.16. The summed E-state index contributed by atoms with van der Waals surface area (Å²) in [5, 5.41) is 12.3. The standard InChI is InChI=1S/C15H21N3O3/c1-17(12-7-9-16-10-8-12)15(21)18(11-14(19)20)13-5-3-2-4-6-13/h2-6,12,16H,7-11H2,1H3,(H,19,20). The van der Waals surface area contributed by atoms with Crippen molar-refractivity contribution in [1.82, 2.24) is 10.2 Å². The Hall–Kier alpha value is -2.08. The van der Waals surface area contributed by atoms with Crippen LogP contribution in [0.4, 0.5) is 10.5 Å². The molecule has 0 radical (unpaired) electrons. The van der Waals surface area contributed by atoms with Gasteiger partial charge < -0.3 is 15.3 Å². The van der Waals surface area contributed by atoms with Gasteiger partial charge in [-0.15, -0.1) is 0 Å². The van der Waals surface area contributed by atoms with Gasteiger partial charge in [0.2, 0.25) is 0 Å². The number of amides is 2. The molecule has 2 rings (SSSR count). The van der Waals surface area contributed by atoms with Gasteiger partial charge in [-0.1, -0.05) is 18.2 Å². The summed E-state index contributed by atoms with van der Waals surface area (Å²) >= 11 is 0. The van der Waals surface area contributed by atoms with Crippen molar-refractivity contribution in [3.63, 3.8) is 0 Å². The maximum atomic E-state index is 12.6. The van der Waals surface area contributed by atoms with E-state index in [1.54, 1.807) is 36.2 Å². The molecule has 1 fully saturated rings. The zero-order valence-electron chi connectivity index (χ0n) is 12.2. The summed E-state index contributed by atoms with van der Waals surface area (Å²) < 4.78 is 0. The molecule has 0 unspecified atom stereocenters. The van der Waals surface area contributed by atoms with E-state index < -0.39 is 5.97 Å². The van der Waals surface area contributed by atoms with Gasteiger partial charge in [0.1, 0.15) is 6.54 Å². The van der Waals surface area contributed by atoms with Crippen molar-refractivity contribution in [2.45, 2.75) is 18.9 Å². The van der Waals surface area contributed by atoms with Crippen LogP contribution in [-0.4, -0.2) is 54.7 Å². The summed E-state index contributed by atoms with van der Waals surface area (Å²) in [5.41, 5.74) is 0.602. The lowest BCUT2D eigenvalue weighted by Gasteiger charge is -2.35. The van der Waals surface area contributed by atoms with E-state index >= 15 is 0 Å². The monoisotopic (exact) mass is 291 g/mol. The lowest BCUT2D eigenvalue weighted by atomic mass is 10.1. The van der Waals surface area contributed by atoms with Crippen LogP contribution in [0.2, 0.25) is 0 Å². The van der Waals surface area contributed by atoms with Gasteiger partial charge in [-0.3, -0.25) is 9.69 Å². The fraction of sp³-hybridized carbons (Fsp3) is 0.467. The number of carbonyl (C=O) groups is 2. The number of hydrogen-bond acceptors (Lipinski definition) is 3. The molecule has 114 valence electrons. The Morgan fingerprint density at radius 3 is 2.43 bits per heavy atom. The first kappa shape index (κ1) is 15.3. The van der Waals surface area contributed by atoms with Gasteiger partial charge in [-0.05, 0) is 38.1 Å². The highest BCUT2D eigenvalue weighted by Crippen LogP contribution is 2.18. The number of carboxylic acid groups (broad SMARTS) is 1. The van der Waals surface area contributed by atoms with Crippen LogP contribution in [0.25, 0.3) is 0 Å². The number of carboxylic acids is 1. The molecule has 0 aromatic heterocycles. The van der Waals surface area contributed by atoms with Gasteiger partial charge in [-0.25, -0.2) is 4.79 Å². The molecule has 0 spiro atoms. The number of hydrogen-bond donors (Lipinski definition) is 2. The van der Waals surface area contributed by atoms with Crippen LogP contribution in [0.1, 0.15) is 12.8 Å². The summed E-state index contributed by atoms with van der Waals surface area (Å²) in [4.78, 5) is 26.7. The van der Waals surface area contributed by atoms with Gasteiger partial charge in [0.05, 0.1) is 0 Å². The Balaban J connectivity index is 2.15. The quantitative estimate of drug-likeness (QED) is 0.879. The molecule has 1 heterocycles. The molecule has 0 saturated carbocycles. The van der Waals surface area contributed by atoms with Crippen molar-refractivity contribution in [2.75, 3.05) is 31.6 Å². The molecular weight excluding hydrogens is 270 g/mol. The number of nitrogens with zero attached hydrogens (tertiary/aromatic N) is 2. The number of carbonyl (C=O) groups excluding carboxylic acids is 1. The summed E-state index contributed by atoms with van der Waals surface area (Å²) in [7, 11) is 1.75. The third-order valence-corrected chi connectivity index (χ3v) is 3.75. The van der Waals surface area contributed by atoms with Gasteiger partial charge in [0, 0.05) is 18.8 Å².